The summed E-state index contributed by atoms with van der Waals surface area (Å²) in [5, 5.41) is 3.10. The number of nitrogens with one attached hydrogen (secondary N) is 1. The maximum atomic E-state index is 11.0. The first-order valence-electron chi connectivity index (χ1n) is 4.27. The van der Waals surface area contributed by atoms with E-state index in [4.69, 9.17) is 4.74 Å². The summed E-state index contributed by atoms with van der Waals surface area (Å²) in [5.41, 5.74) is 0.489. The molecule has 0 radical (unpaired) electrons. The molecule has 0 aromatic rings. The first-order valence-corrected chi connectivity index (χ1v) is 5.66. The Kier molecular flexibility index (Phi) is 7.83. The zero-order valence-corrected chi connectivity index (χ0v) is 9.08. The predicted octanol–water partition coefficient (Wildman–Crippen LogP) is 1.06. The Morgan fingerprint density at radius 2 is 2.31 bits per heavy atom. The molecule has 0 aliphatic heterocycles. The van der Waals surface area contributed by atoms with E-state index in [0.717, 1.165) is 12.3 Å². The molecule has 0 rings (SSSR count). The van der Waals surface area contributed by atoms with Crippen LogP contribution in [0.15, 0.2) is 12.2 Å². The molecule has 0 aromatic heterocycles. The van der Waals surface area contributed by atoms with Crippen LogP contribution in [0.1, 0.15) is 6.92 Å². The monoisotopic (exact) mass is 203 g/mol. The van der Waals surface area contributed by atoms with E-state index in [0.29, 0.717) is 18.7 Å². The molecule has 4 heteroatoms. The highest BCUT2D eigenvalue weighted by atomic mass is 32.2. The Balaban J connectivity index is 3.44. The number of hydrogen-bond acceptors (Lipinski definition) is 4. The molecule has 3 nitrogen and oxygen atoms in total. The Hall–Kier alpha value is -0.480. The van der Waals surface area contributed by atoms with E-state index in [9.17, 15) is 4.79 Å². The van der Waals surface area contributed by atoms with Gasteiger partial charge in [-0.05, 0) is 13.2 Å². The van der Waals surface area contributed by atoms with Gasteiger partial charge in [0, 0.05) is 24.4 Å². The highest BCUT2D eigenvalue weighted by Gasteiger charge is 2.05. The molecule has 0 amide bonds. The summed E-state index contributed by atoms with van der Waals surface area (Å²) in [5.74, 6) is 0.731. The molecule has 0 aromatic carbocycles. The van der Waals surface area contributed by atoms with E-state index in [-0.39, 0.29) is 5.97 Å². The Morgan fingerprint density at radius 3 is 2.85 bits per heavy atom. The van der Waals surface area contributed by atoms with Crippen LogP contribution in [0.3, 0.4) is 0 Å². The van der Waals surface area contributed by atoms with Crippen molar-refractivity contribution >= 4 is 17.7 Å². The Morgan fingerprint density at radius 1 is 1.62 bits per heavy atom. The molecule has 0 aliphatic carbocycles. The van der Waals surface area contributed by atoms with Crippen LogP contribution in [0, 0.1) is 0 Å². The molecule has 0 aliphatic rings. The average molecular weight is 203 g/mol. The second kappa shape index (κ2) is 8.13. The third-order valence-electron chi connectivity index (χ3n) is 1.39. The number of ether oxygens (including phenoxy) is 1. The largest absolute Gasteiger partial charge is 0.463 e. The van der Waals surface area contributed by atoms with Crippen molar-refractivity contribution in [3.8, 4) is 0 Å². The fourth-order valence-electron chi connectivity index (χ4n) is 0.719. The molecule has 0 bridgehead atoms. The lowest BCUT2D eigenvalue weighted by Gasteiger charge is -2.05. The van der Waals surface area contributed by atoms with Gasteiger partial charge in [0.05, 0.1) is 6.61 Å². The third kappa shape index (κ3) is 6.66. The van der Waals surface area contributed by atoms with Crippen molar-refractivity contribution in [1.82, 2.24) is 5.32 Å². The summed E-state index contributed by atoms with van der Waals surface area (Å²) in [4.78, 5) is 11.0. The van der Waals surface area contributed by atoms with Gasteiger partial charge < -0.3 is 10.1 Å². The highest BCUT2D eigenvalue weighted by Crippen LogP contribution is 1.93. The van der Waals surface area contributed by atoms with Gasteiger partial charge in [-0.2, -0.15) is 11.8 Å². The maximum absolute atomic E-state index is 11.0. The first-order chi connectivity index (χ1) is 6.22. The van der Waals surface area contributed by atoms with Crippen molar-refractivity contribution in [2.45, 2.75) is 6.92 Å². The fraction of sp³-hybridized carbons (Fsp3) is 0.667. The van der Waals surface area contributed by atoms with Crippen LogP contribution in [-0.2, 0) is 9.53 Å². The van der Waals surface area contributed by atoms with Crippen molar-refractivity contribution in [2.24, 2.45) is 0 Å². The quantitative estimate of drug-likeness (QED) is 0.381. The molecule has 0 saturated heterocycles. The molecule has 0 fully saturated rings. The first kappa shape index (κ1) is 12.5. The highest BCUT2D eigenvalue weighted by molar-refractivity contribution is 7.98. The molecule has 0 unspecified atom stereocenters. The van der Waals surface area contributed by atoms with Crippen LogP contribution in [0.2, 0.25) is 0 Å². The molecular formula is C9H17NO2S. The van der Waals surface area contributed by atoms with Gasteiger partial charge in [0.15, 0.2) is 0 Å². The fourth-order valence-corrected chi connectivity index (χ4v) is 1.07. The van der Waals surface area contributed by atoms with Crippen LogP contribution >= 0.6 is 11.8 Å². The SMILES string of the molecule is C=C(CNCCSC)C(=O)OCC. The molecule has 1 N–H and O–H groups in total. The third-order valence-corrected chi connectivity index (χ3v) is 2.00. The summed E-state index contributed by atoms with van der Waals surface area (Å²) in [6.45, 7) is 7.22. The molecule has 0 heterocycles. The van der Waals surface area contributed by atoms with Gasteiger partial charge >= 0.3 is 5.97 Å². The number of carbonyl (C=O) groups is 1. The summed E-state index contributed by atoms with van der Waals surface area (Å²) in [6.07, 6.45) is 2.04. The summed E-state index contributed by atoms with van der Waals surface area (Å²) in [7, 11) is 0. The number of esters is 1. The van der Waals surface area contributed by atoms with Crippen LogP contribution < -0.4 is 5.32 Å². The van der Waals surface area contributed by atoms with Gasteiger partial charge in [0.2, 0.25) is 0 Å². The summed E-state index contributed by atoms with van der Waals surface area (Å²) < 4.78 is 4.78. The topological polar surface area (TPSA) is 38.3 Å². The average Bonchev–Trinajstić information content (AvgIpc) is 2.12. The van der Waals surface area contributed by atoms with Gasteiger partial charge in [0.1, 0.15) is 0 Å². The molecule has 76 valence electrons. The summed E-state index contributed by atoms with van der Waals surface area (Å²) in [6, 6.07) is 0. The lowest BCUT2D eigenvalue weighted by molar-refractivity contribution is -0.138. The zero-order chi connectivity index (χ0) is 10.1. The van der Waals surface area contributed by atoms with Gasteiger partial charge in [0.25, 0.3) is 0 Å². The van der Waals surface area contributed by atoms with E-state index in [1.54, 1.807) is 18.7 Å². The van der Waals surface area contributed by atoms with Crippen LogP contribution in [-0.4, -0.2) is 37.7 Å². The number of thioether (sulfide) groups is 1. The lowest BCUT2D eigenvalue weighted by atomic mass is 10.3. The second-order valence-electron chi connectivity index (χ2n) is 2.49. The van der Waals surface area contributed by atoms with Crippen molar-refractivity contribution in [1.29, 1.82) is 0 Å². The van der Waals surface area contributed by atoms with E-state index in [1.165, 1.54) is 0 Å². The van der Waals surface area contributed by atoms with E-state index in [1.807, 2.05) is 6.26 Å². The van der Waals surface area contributed by atoms with E-state index < -0.39 is 0 Å². The zero-order valence-electron chi connectivity index (χ0n) is 8.26. The Labute approximate surface area is 83.9 Å². The minimum absolute atomic E-state index is 0.306. The van der Waals surface area contributed by atoms with Crippen molar-refractivity contribution in [3.63, 3.8) is 0 Å². The second-order valence-corrected chi connectivity index (χ2v) is 3.48. The van der Waals surface area contributed by atoms with E-state index in [2.05, 4.69) is 11.9 Å². The molecule has 0 saturated carbocycles. The standard InChI is InChI=1S/C9H17NO2S/c1-4-12-9(11)8(2)7-10-5-6-13-3/h10H,2,4-7H2,1,3H3. The lowest BCUT2D eigenvalue weighted by Crippen LogP contribution is -2.23. The maximum Gasteiger partial charge on any atom is 0.334 e. The number of carbonyl (C=O) groups excluding carboxylic acids is 1. The van der Waals surface area contributed by atoms with Gasteiger partial charge in [-0.25, -0.2) is 4.79 Å². The summed E-state index contributed by atoms with van der Waals surface area (Å²) >= 11 is 1.76. The molecular weight excluding hydrogens is 186 g/mol. The Bertz CT molecular complexity index is 171. The molecule has 0 atom stereocenters. The van der Waals surface area contributed by atoms with Crippen molar-refractivity contribution in [2.75, 3.05) is 31.7 Å². The normalized spacial score (nSPS) is 9.69. The van der Waals surface area contributed by atoms with Crippen LogP contribution in [0.25, 0.3) is 0 Å². The van der Waals surface area contributed by atoms with Gasteiger partial charge in [-0.15, -0.1) is 0 Å². The molecule has 0 spiro atoms. The molecule has 13 heavy (non-hydrogen) atoms. The van der Waals surface area contributed by atoms with Crippen LogP contribution in [0.4, 0.5) is 0 Å². The van der Waals surface area contributed by atoms with Crippen LogP contribution in [0.5, 0.6) is 0 Å². The van der Waals surface area contributed by atoms with Gasteiger partial charge in [-0.3, -0.25) is 0 Å². The van der Waals surface area contributed by atoms with E-state index >= 15 is 0 Å². The predicted molar refractivity (Wildman–Crippen MR) is 57.0 cm³/mol. The smallest absolute Gasteiger partial charge is 0.334 e. The number of rotatable bonds is 7. The minimum Gasteiger partial charge on any atom is -0.463 e. The van der Waals surface area contributed by atoms with Crippen molar-refractivity contribution < 1.29 is 9.53 Å². The van der Waals surface area contributed by atoms with Crippen molar-refractivity contribution in [3.05, 3.63) is 12.2 Å². The van der Waals surface area contributed by atoms with Gasteiger partial charge in [-0.1, -0.05) is 6.58 Å². The number of hydrogen-bond donors (Lipinski definition) is 1. The minimum atomic E-state index is -0.306.